The largest absolute Gasteiger partial charge is 0.327 e. The zero-order valence-electron chi connectivity index (χ0n) is 12.8. The van der Waals surface area contributed by atoms with Gasteiger partial charge in [0.2, 0.25) is 10.0 Å². The Morgan fingerprint density at radius 1 is 1.15 bits per heavy atom. The van der Waals surface area contributed by atoms with Gasteiger partial charge in [-0.05, 0) is 37.0 Å². The van der Waals surface area contributed by atoms with E-state index in [0.29, 0.717) is 17.4 Å². The molecule has 2 atom stereocenters. The van der Waals surface area contributed by atoms with E-state index in [1.165, 1.54) is 0 Å². The number of nitrogens with two attached hydrogens (primary N) is 1. The van der Waals surface area contributed by atoms with Crippen LogP contribution in [-0.4, -0.2) is 21.0 Å². The lowest BCUT2D eigenvalue weighted by Gasteiger charge is -2.25. The van der Waals surface area contributed by atoms with Crippen LogP contribution in [0.1, 0.15) is 45.6 Å². The Hall–Kier alpha value is -0.910. The molecule has 0 bridgehead atoms. The van der Waals surface area contributed by atoms with Crippen LogP contribution in [0.3, 0.4) is 0 Å². The van der Waals surface area contributed by atoms with Crippen LogP contribution < -0.4 is 10.5 Å². The molecule has 20 heavy (non-hydrogen) atoms. The Kier molecular flexibility index (Phi) is 6.17. The molecule has 0 aliphatic rings. The van der Waals surface area contributed by atoms with Gasteiger partial charge in [0.1, 0.15) is 0 Å². The van der Waals surface area contributed by atoms with Crippen LogP contribution >= 0.6 is 0 Å². The van der Waals surface area contributed by atoms with Gasteiger partial charge < -0.3 is 5.73 Å². The van der Waals surface area contributed by atoms with E-state index >= 15 is 0 Å². The molecule has 2 unspecified atom stereocenters. The van der Waals surface area contributed by atoms with Gasteiger partial charge in [0.05, 0.1) is 4.90 Å². The number of hydrogen-bond donors (Lipinski definition) is 2. The molecule has 0 radical (unpaired) electrons. The maximum atomic E-state index is 12.0. The summed E-state index contributed by atoms with van der Waals surface area (Å²) in [7, 11) is -3.39. The minimum absolute atomic E-state index is 0.0377. The molecule has 0 fully saturated rings. The summed E-state index contributed by atoms with van der Waals surface area (Å²) in [6.07, 6.45) is 0.775. The molecule has 0 amide bonds. The van der Waals surface area contributed by atoms with Crippen molar-refractivity contribution in [2.75, 3.05) is 6.54 Å². The molecule has 114 valence electrons. The van der Waals surface area contributed by atoms with E-state index in [0.717, 1.165) is 12.0 Å². The van der Waals surface area contributed by atoms with E-state index in [1.807, 2.05) is 26.0 Å². The fourth-order valence-corrected chi connectivity index (χ4v) is 3.62. The highest BCUT2D eigenvalue weighted by Gasteiger charge is 2.21. The van der Waals surface area contributed by atoms with Crippen LogP contribution in [0.15, 0.2) is 29.2 Å². The highest BCUT2D eigenvalue weighted by molar-refractivity contribution is 7.89. The van der Waals surface area contributed by atoms with Crippen molar-refractivity contribution in [1.29, 1.82) is 0 Å². The standard InChI is InChI=1S/C15H26N2O2S/c1-5-10-17-20(18,19)14-8-6-13(7-9-14)15(11(2)3)12(4)16/h6-9,11-12,15,17H,5,10,16H2,1-4H3. The highest BCUT2D eigenvalue weighted by atomic mass is 32.2. The van der Waals surface area contributed by atoms with Crippen molar-refractivity contribution in [2.24, 2.45) is 11.7 Å². The quantitative estimate of drug-likeness (QED) is 0.812. The molecular weight excluding hydrogens is 272 g/mol. The van der Waals surface area contributed by atoms with Crippen LogP contribution in [-0.2, 0) is 10.0 Å². The summed E-state index contributed by atoms with van der Waals surface area (Å²) in [4.78, 5) is 0.307. The predicted molar refractivity (Wildman–Crippen MR) is 83.1 cm³/mol. The topological polar surface area (TPSA) is 72.2 Å². The Labute approximate surface area is 122 Å². The van der Waals surface area contributed by atoms with Crippen molar-refractivity contribution >= 4 is 10.0 Å². The van der Waals surface area contributed by atoms with Gasteiger partial charge in [-0.15, -0.1) is 0 Å². The fourth-order valence-electron chi connectivity index (χ4n) is 2.48. The lowest BCUT2D eigenvalue weighted by Crippen LogP contribution is -2.28. The van der Waals surface area contributed by atoms with Gasteiger partial charge in [-0.1, -0.05) is 32.9 Å². The van der Waals surface area contributed by atoms with Gasteiger partial charge in [0, 0.05) is 18.5 Å². The molecule has 0 saturated carbocycles. The smallest absolute Gasteiger partial charge is 0.240 e. The van der Waals surface area contributed by atoms with E-state index in [9.17, 15) is 8.42 Å². The number of sulfonamides is 1. The van der Waals surface area contributed by atoms with Crippen LogP contribution in [0.2, 0.25) is 0 Å². The first-order valence-electron chi connectivity index (χ1n) is 7.14. The second-order valence-electron chi connectivity index (χ2n) is 5.60. The van der Waals surface area contributed by atoms with Crippen molar-refractivity contribution < 1.29 is 8.42 Å². The van der Waals surface area contributed by atoms with E-state index in [1.54, 1.807) is 12.1 Å². The maximum absolute atomic E-state index is 12.0. The summed E-state index contributed by atoms with van der Waals surface area (Å²) in [5.74, 6) is 0.644. The number of benzene rings is 1. The molecule has 1 aromatic rings. The second kappa shape index (κ2) is 7.20. The van der Waals surface area contributed by atoms with Crippen molar-refractivity contribution in [3.05, 3.63) is 29.8 Å². The fraction of sp³-hybridized carbons (Fsp3) is 0.600. The van der Waals surface area contributed by atoms with E-state index in [4.69, 9.17) is 5.73 Å². The third kappa shape index (κ3) is 4.30. The Balaban J connectivity index is 2.99. The van der Waals surface area contributed by atoms with Gasteiger partial charge in [0.15, 0.2) is 0 Å². The van der Waals surface area contributed by atoms with E-state index in [-0.39, 0.29) is 12.0 Å². The van der Waals surface area contributed by atoms with Gasteiger partial charge in [-0.3, -0.25) is 0 Å². The molecule has 1 rings (SSSR count). The van der Waals surface area contributed by atoms with Gasteiger partial charge in [-0.25, -0.2) is 13.1 Å². The Bertz CT molecular complexity index is 499. The predicted octanol–water partition coefficient (Wildman–Crippen LogP) is 2.46. The van der Waals surface area contributed by atoms with Crippen molar-refractivity contribution in [2.45, 2.75) is 51.0 Å². The second-order valence-corrected chi connectivity index (χ2v) is 7.36. The van der Waals surface area contributed by atoms with Crippen LogP contribution in [0.4, 0.5) is 0 Å². The number of rotatable bonds is 7. The van der Waals surface area contributed by atoms with Crippen LogP contribution in [0.5, 0.6) is 0 Å². The summed E-state index contributed by atoms with van der Waals surface area (Å²) in [6.45, 7) is 8.63. The van der Waals surface area contributed by atoms with E-state index < -0.39 is 10.0 Å². The first kappa shape index (κ1) is 17.1. The molecule has 5 heteroatoms. The summed E-state index contributed by atoms with van der Waals surface area (Å²) in [6, 6.07) is 7.09. The molecule has 0 aromatic heterocycles. The summed E-state index contributed by atoms with van der Waals surface area (Å²) < 4.78 is 26.6. The third-order valence-electron chi connectivity index (χ3n) is 3.40. The Morgan fingerprint density at radius 3 is 2.10 bits per heavy atom. The van der Waals surface area contributed by atoms with Gasteiger partial charge in [-0.2, -0.15) is 0 Å². The molecule has 0 heterocycles. The van der Waals surface area contributed by atoms with Crippen LogP contribution in [0, 0.1) is 5.92 Å². The molecule has 3 N–H and O–H groups in total. The summed E-state index contributed by atoms with van der Waals surface area (Å²) in [5.41, 5.74) is 7.12. The molecule has 0 aliphatic carbocycles. The number of nitrogens with one attached hydrogen (secondary N) is 1. The van der Waals surface area contributed by atoms with E-state index in [2.05, 4.69) is 18.6 Å². The SMILES string of the molecule is CCCNS(=O)(=O)c1ccc(C(C(C)C)C(C)N)cc1. The maximum Gasteiger partial charge on any atom is 0.240 e. The third-order valence-corrected chi connectivity index (χ3v) is 4.88. The zero-order valence-corrected chi connectivity index (χ0v) is 13.6. The molecule has 0 aliphatic heterocycles. The lowest BCUT2D eigenvalue weighted by molar-refractivity contribution is 0.435. The highest BCUT2D eigenvalue weighted by Crippen LogP contribution is 2.27. The normalized spacial score (nSPS) is 15.3. The minimum Gasteiger partial charge on any atom is -0.327 e. The molecule has 0 saturated heterocycles. The minimum atomic E-state index is -3.39. The summed E-state index contributed by atoms with van der Waals surface area (Å²) in [5, 5.41) is 0. The van der Waals surface area contributed by atoms with Crippen LogP contribution in [0.25, 0.3) is 0 Å². The van der Waals surface area contributed by atoms with Crippen molar-refractivity contribution in [1.82, 2.24) is 4.72 Å². The first-order valence-corrected chi connectivity index (χ1v) is 8.63. The zero-order chi connectivity index (χ0) is 15.3. The molecular formula is C15H26N2O2S. The average Bonchev–Trinajstić information content (AvgIpc) is 2.36. The number of hydrogen-bond acceptors (Lipinski definition) is 3. The monoisotopic (exact) mass is 298 g/mol. The summed E-state index contributed by atoms with van der Waals surface area (Å²) >= 11 is 0. The van der Waals surface area contributed by atoms with Crippen molar-refractivity contribution in [3.8, 4) is 0 Å². The lowest BCUT2D eigenvalue weighted by atomic mass is 9.83. The first-order chi connectivity index (χ1) is 9.29. The molecule has 1 aromatic carbocycles. The van der Waals surface area contributed by atoms with Gasteiger partial charge in [0.25, 0.3) is 0 Å². The molecule has 4 nitrogen and oxygen atoms in total. The van der Waals surface area contributed by atoms with Crippen molar-refractivity contribution in [3.63, 3.8) is 0 Å². The molecule has 0 spiro atoms. The average molecular weight is 298 g/mol. The van der Waals surface area contributed by atoms with Gasteiger partial charge >= 0.3 is 0 Å². The Morgan fingerprint density at radius 2 is 1.70 bits per heavy atom.